The van der Waals surface area contributed by atoms with Crippen LogP contribution in [-0.2, 0) is 0 Å². The molecule has 1 N–H and O–H groups in total. The number of rotatable bonds is 4. The number of hydrogen-bond donors (Lipinski definition) is 1. The second kappa shape index (κ2) is 5.64. The Hall–Kier alpha value is -2.50. The van der Waals surface area contributed by atoms with E-state index in [9.17, 15) is 14.5 Å². The molecular weight excluding hydrogens is 261 g/mol. The van der Waals surface area contributed by atoms with Crippen molar-refractivity contribution in [3.63, 3.8) is 0 Å². The average Bonchev–Trinajstić information content (AvgIpc) is 2.42. The predicted molar refractivity (Wildman–Crippen MR) is 74.1 cm³/mol. The lowest BCUT2D eigenvalue weighted by Gasteiger charge is -2.15. The number of nitrogens with one attached hydrogen (secondary N) is 1. The molecule has 0 fully saturated rings. The molecule has 0 aliphatic heterocycles. The van der Waals surface area contributed by atoms with E-state index in [2.05, 4.69) is 10.3 Å². The summed E-state index contributed by atoms with van der Waals surface area (Å²) in [6.45, 7) is 3.57. The van der Waals surface area contributed by atoms with Crippen LogP contribution in [0.5, 0.6) is 0 Å². The van der Waals surface area contributed by atoms with Crippen molar-refractivity contribution in [2.24, 2.45) is 0 Å². The minimum Gasteiger partial charge on any atom is -0.364 e. The average molecular weight is 275 g/mol. The van der Waals surface area contributed by atoms with Crippen LogP contribution in [0.25, 0.3) is 0 Å². The lowest BCUT2D eigenvalue weighted by atomic mass is 10.1. The molecule has 0 saturated heterocycles. The first-order valence-electron chi connectivity index (χ1n) is 6.10. The smallest absolute Gasteiger partial charge is 0.287 e. The Kier molecular flexibility index (Phi) is 3.93. The molecule has 1 atom stereocenters. The molecule has 20 heavy (non-hydrogen) atoms. The van der Waals surface area contributed by atoms with E-state index in [1.165, 1.54) is 24.4 Å². The van der Waals surface area contributed by atoms with Gasteiger partial charge in [-0.3, -0.25) is 10.1 Å². The summed E-state index contributed by atoms with van der Waals surface area (Å²) < 4.78 is 13.5. The number of aromatic nitrogens is 1. The van der Waals surface area contributed by atoms with E-state index in [0.717, 1.165) is 5.56 Å². The van der Waals surface area contributed by atoms with Gasteiger partial charge in [0.15, 0.2) is 0 Å². The van der Waals surface area contributed by atoms with Gasteiger partial charge in [-0.05, 0) is 37.1 Å². The molecule has 6 heteroatoms. The molecule has 1 aromatic carbocycles. The zero-order chi connectivity index (χ0) is 14.7. The molecule has 0 spiro atoms. The molecule has 0 radical (unpaired) electrons. The van der Waals surface area contributed by atoms with Gasteiger partial charge in [-0.2, -0.15) is 0 Å². The summed E-state index contributed by atoms with van der Waals surface area (Å²) >= 11 is 0. The summed E-state index contributed by atoms with van der Waals surface area (Å²) in [7, 11) is 0. The third-order valence-electron chi connectivity index (χ3n) is 3.02. The van der Waals surface area contributed by atoms with E-state index < -0.39 is 4.92 Å². The Morgan fingerprint density at radius 1 is 1.35 bits per heavy atom. The molecule has 0 aliphatic carbocycles. The Labute approximate surface area is 115 Å². The Balaban J connectivity index is 2.12. The molecule has 1 aromatic heterocycles. The Bertz CT molecular complexity index is 629. The zero-order valence-corrected chi connectivity index (χ0v) is 11.1. The van der Waals surface area contributed by atoms with Gasteiger partial charge in [-0.25, -0.2) is 9.37 Å². The first-order chi connectivity index (χ1) is 9.47. The quantitative estimate of drug-likeness (QED) is 0.683. The highest BCUT2D eigenvalue weighted by Crippen LogP contribution is 2.21. The monoisotopic (exact) mass is 275 g/mol. The van der Waals surface area contributed by atoms with Gasteiger partial charge < -0.3 is 5.32 Å². The maximum atomic E-state index is 13.5. The number of nitrogens with zero attached hydrogens (tertiary/aromatic N) is 2. The molecule has 2 aromatic rings. The standard InChI is InChI=1S/C14H14FN3O2/c1-9-3-4-11(7-13(9)15)10(2)17-14-6-5-12(8-16-14)18(19)20/h3-8,10H,1-2H3,(H,16,17). The molecule has 0 amide bonds. The van der Waals surface area contributed by atoms with Crippen LogP contribution in [0.2, 0.25) is 0 Å². The molecule has 104 valence electrons. The van der Waals surface area contributed by atoms with Gasteiger partial charge in [-0.15, -0.1) is 0 Å². The van der Waals surface area contributed by atoms with Crippen molar-refractivity contribution in [3.05, 3.63) is 63.6 Å². The topological polar surface area (TPSA) is 68.1 Å². The molecule has 2 rings (SSSR count). The van der Waals surface area contributed by atoms with Crippen LogP contribution < -0.4 is 5.32 Å². The van der Waals surface area contributed by atoms with Crippen LogP contribution in [0.3, 0.4) is 0 Å². The SMILES string of the molecule is Cc1ccc(C(C)Nc2ccc([N+](=O)[O-])cn2)cc1F. The van der Waals surface area contributed by atoms with Crippen LogP contribution in [0.4, 0.5) is 15.9 Å². The van der Waals surface area contributed by atoms with Gasteiger partial charge in [-0.1, -0.05) is 12.1 Å². The molecule has 1 unspecified atom stereocenters. The van der Waals surface area contributed by atoms with Crippen LogP contribution >= 0.6 is 0 Å². The molecule has 5 nitrogen and oxygen atoms in total. The van der Waals surface area contributed by atoms with Crippen LogP contribution in [0, 0.1) is 22.9 Å². The van der Waals surface area contributed by atoms with E-state index in [1.807, 2.05) is 13.0 Å². The highest BCUT2D eigenvalue weighted by Gasteiger charge is 2.10. The van der Waals surface area contributed by atoms with Crippen LogP contribution in [-0.4, -0.2) is 9.91 Å². The van der Waals surface area contributed by atoms with Gasteiger partial charge in [0.05, 0.1) is 11.0 Å². The van der Waals surface area contributed by atoms with E-state index in [0.29, 0.717) is 11.4 Å². The summed E-state index contributed by atoms with van der Waals surface area (Å²) in [5.74, 6) is 0.247. The minimum atomic E-state index is -0.504. The highest BCUT2D eigenvalue weighted by molar-refractivity contribution is 5.42. The fourth-order valence-corrected chi connectivity index (χ4v) is 1.76. The highest BCUT2D eigenvalue weighted by atomic mass is 19.1. The predicted octanol–water partition coefficient (Wildman–Crippen LogP) is 3.61. The van der Waals surface area contributed by atoms with Crippen molar-refractivity contribution in [1.82, 2.24) is 4.98 Å². The van der Waals surface area contributed by atoms with Crippen molar-refractivity contribution in [1.29, 1.82) is 0 Å². The lowest BCUT2D eigenvalue weighted by molar-refractivity contribution is -0.385. The number of pyridine rings is 1. The van der Waals surface area contributed by atoms with Crippen molar-refractivity contribution in [2.45, 2.75) is 19.9 Å². The van der Waals surface area contributed by atoms with E-state index in [1.54, 1.807) is 13.0 Å². The number of halogens is 1. The maximum absolute atomic E-state index is 13.5. The number of nitro groups is 1. The molecular formula is C14H14FN3O2. The van der Waals surface area contributed by atoms with Gasteiger partial charge in [0.2, 0.25) is 0 Å². The zero-order valence-electron chi connectivity index (χ0n) is 11.1. The molecule has 0 saturated carbocycles. The third-order valence-corrected chi connectivity index (χ3v) is 3.02. The second-order valence-corrected chi connectivity index (χ2v) is 4.53. The Morgan fingerprint density at radius 2 is 2.10 bits per heavy atom. The minimum absolute atomic E-state index is 0.0652. The van der Waals surface area contributed by atoms with Gasteiger partial charge in [0, 0.05) is 6.07 Å². The van der Waals surface area contributed by atoms with Crippen molar-refractivity contribution < 1.29 is 9.31 Å². The van der Waals surface area contributed by atoms with Crippen molar-refractivity contribution in [3.8, 4) is 0 Å². The van der Waals surface area contributed by atoms with E-state index >= 15 is 0 Å². The summed E-state index contributed by atoms with van der Waals surface area (Å²) in [5, 5.41) is 13.6. The van der Waals surface area contributed by atoms with Gasteiger partial charge in [0.1, 0.15) is 17.8 Å². The number of hydrogen-bond acceptors (Lipinski definition) is 4. The summed E-state index contributed by atoms with van der Waals surface area (Å²) in [5.41, 5.74) is 1.31. The maximum Gasteiger partial charge on any atom is 0.287 e. The van der Waals surface area contributed by atoms with Crippen molar-refractivity contribution >= 4 is 11.5 Å². The third kappa shape index (κ3) is 3.09. The summed E-state index contributed by atoms with van der Waals surface area (Å²) in [6.07, 6.45) is 1.19. The summed E-state index contributed by atoms with van der Waals surface area (Å²) in [4.78, 5) is 14.0. The normalized spacial score (nSPS) is 11.9. The second-order valence-electron chi connectivity index (χ2n) is 4.53. The number of benzene rings is 1. The first kappa shape index (κ1) is 13.9. The van der Waals surface area contributed by atoms with Gasteiger partial charge >= 0.3 is 0 Å². The summed E-state index contributed by atoms with van der Waals surface area (Å²) in [6, 6.07) is 7.77. The van der Waals surface area contributed by atoms with Gasteiger partial charge in [0.25, 0.3) is 5.69 Å². The largest absolute Gasteiger partial charge is 0.364 e. The molecule has 0 bridgehead atoms. The molecule has 1 heterocycles. The first-order valence-corrected chi connectivity index (χ1v) is 6.10. The fourth-order valence-electron chi connectivity index (χ4n) is 1.76. The number of aryl methyl sites for hydroxylation is 1. The molecule has 0 aliphatic rings. The Morgan fingerprint density at radius 3 is 2.65 bits per heavy atom. The number of anilines is 1. The fraction of sp³-hybridized carbons (Fsp3) is 0.214. The van der Waals surface area contributed by atoms with Crippen LogP contribution in [0.15, 0.2) is 36.5 Å². The lowest BCUT2D eigenvalue weighted by Crippen LogP contribution is -2.08. The van der Waals surface area contributed by atoms with Crippen LogP contribution in [0.1, 0.15) is 24.1 Å². The van der Waals surface area contributed by atoms with E-state index in [4.69, 9.17) is 0 Å². The van der Waals surface area contributed by atoms with E-state index in [-0.39, 0.29) is 17.5 Å². The van der Waals surface area contributed by atoms with Crippen molar-refractivity contribution in [2.75, 3.05) is 5.32 Å².